The second kappa shape index (κ2) is 12.4. The lowest BCUT2D eigenvalue weighted by Gasteiger charge is -2.38. The largest absolute Gasteiger partial charge is 0.493 e. The molecule has 0 spiro atoms. The van der Waals surface area contributed by atoms with Gasteiger partial charge in [-0.3, -0.25) is 19.3 Å². The van der Waals surface area contributed by atoms with Gasteiger partial charge in [-0.1, -0.05) is 20.8 Å². The van der Waals surface area contributed by atoms with Crippen molar-refractivity contribution in [2.45, 2.75) is 91.6 Å². The number of nitrogens with zero attached hydrogens (tertiary/aromatic N) is 3. The van der Waals surface area contributed by atoms with Crippen LogP contribution in [0.2, 0.25) is 0 Å². The molecular formula is C30H44F2N4O6. The second-order valence-electron chi connectivity index (χ2n) is 13.3. The van der Waals surface area contributed by atoms with Crippen molar-refractivity contribution < 1.29 is 37.4 Å². The Morgan fingerprint density at radius 3 is 2.26 bits per heavy atom. The average molecular weight is 595 g/mol. The average Bonchev–Trinajstić information content (AvgIpc) is 3.45. The van der Waals surface area contributed by atoms with E-state index < -0.39 is 52.8 Å². The Kier molecular flexibility index (Phi) is 9.78. The van der Waals surface area contributed by atoms with E-state index >= 15 is 0 Å². The molecule has 2 fully saturated rings. The summed E-state index contributed by atoms with van der Waals surface area (Å²) in [5.74, 6) is -3.12. The van der Waals surface area contributed by atoms with Crippen LogP contribution < -0.4 is 10.1 Å². The molecule has 10 nitrogen and oxygen atoms in total. The van der Waals surface area contributed by atoms with Crippen LogP contribution in [0.15, 0.2) is 18.2 Å². The fourth-order valence-electron chi connectivity index (χ4n) is 5.49. The molecule has 12 heteroatoms. The van der Waals surface area contributed by atoms with Gasteiger partial charge in [-0.15, -0.1) is 0 Å². The van der Waals surface area contributed by atoms with Gasteiger partial charge in [0.1, 0.15) is 23.4 Å². The first kappa shape index (κ1) is 33.1. The zero-order valence-corrected chi connectivity index (χ0v) is 26.0. The summed E-state index contributed by atoms with van der Waals surface area (Å²) in [7, 11) is 1.46. The highest BCUT2D eigenvalue weighted by atomic mass is 19.2. The van der Waals surface area contributed by atoms with Gasteiger partial charge in [0.2, 0.25) is 17.7 Å². The lowest BCUT2D eigenvalue weighted by molar-refractivity contribution is -0.142. The molecule has 5 atom stereocenters. The summed E-state index contributed by atoms with van der Waals surface area (Å²) in [5.41, 5.74) is -1.43. The molecule has 4 amide bonds. The van der Waals surface area contributed by atoms with Crippen LogP contribution in [-0.2, 0) is 19.1 Å². The summed E-state index contributed by atoms with van der Waals surface area (Å²) in [5, 5.41) is 2.86. The van der Waals surface area contributed by atoms with E-state index in [1.54, 1.807) is 37.5 Å². The van der Waals surface area contributed by atoms with Crippen molar-refractivity contribution in [3.63, 3.8) is 0 Å². The molecule has 2 heterocycles. The van der Waals surface area contributed by atoms with Crippen molar-refractivity contribution in [2.24, 2.45) is 11.3 Å². The number of fused-ring (bicyclic) bond motifs is 1. The number of likely N-dealkylation sites (tertiary alicyclic amines) is 2. The number of amides is 4. The molecule has 3 rings (SSSR count). The third kappa shape index (κ3) is 7.49. The maximum absolute atomic E-state index is 14.1. The molecule has 0 bridgehead atoms. The number of likely N-dealkylation sites (N-methyl/N-ethyl adjacent to an activating group) is 1. The standard InChI is InChI=1S/C30H44F2N4O6/c1-17(34(9)28(40)42-30(6,7)8)26(38)33-25(29(3,4)5)27(39)35-13-12-23-24(35)19(15-36(23)18(2)37)16-41-20-10-11-21(31)22(32)14-20/h10-11,14,17,19,23-25H,12-13,15-16H2,1-9H3,(H,33,38)/t17-,19+,23+,24+,25+/m0/s1. The zero-order chi connectivity index (χ0) is 31.7. The summed E-state index contributed by atoms with van der Waals surface area (Å²) >= 11 is 0. The minimum atomic E-state index is -1.03. The Morgan fingerprint density at radius 2 is 1.71 bits per heavy atom. The number of ether oxygens (including phenoxy) is 2. The van der Waals surface area contributed by atoms with Crippen molar-refractivity contribution in [2.75, 3.05) is 26.7 Å². The summed E-state index contributed by atoms with van der Waals surface area (Å²) in [6.45, 7) is 14.5. The Morgan fingerprint density at radius 1 is 1.07 bits per heavy atom. The molecule has 0 unspecified atom stereocenters. The first-order valence-corrected chi connectivity index (χ1v) is 14.2. The highest BCUT2D eigenvalue weighted by Gasteiger charge is 2.53. The summed E-state index contributed by atoms with van der Waals surface area (Å²) in [6.07, 6.45) is -0.106. The molecule has 42 heavy (non-hydrogen) atoms. The molecule has 2 aliphatic rings. The third-order valence-electron chi connectivity index (χ3n) is 7.82. The van der Waals surface area contributed by atoms with Crippen molar-refractivity contribution in [1.29, 1.82) is 0 Å². The number of nitrogens with one attached hydrogen (secondary N) is 1. The molecular weight excluding hydrogens is 550 g/mol. The van der Waals surface area contributed by atoms with Crippen molar-refractivity contribution in [3.8, 4) is 5.75 Å². The van der Waals surface area contributed by atoms with Gasteiger partial charge in [0.25, 0.3) is 0 Å². The minimum absolute atomic E-state index is 0.0735. The molecule has 2 aliphatic heterocycles. The summed E-state index contributed by atoms with van der Waals surface area (Å²) in [4.78, 5) is 57.1. The van der Waals surface area contributed by atoms with E-state index in [0.29, 0.717) is 19.5 Å². The van der Waals surface area contributed by atoms with Gasteiger partial charge in [0, 0.05) is 39.0 Å². The van der Waals surface area contributed by atoms with E-state index in [-0.39, 0.29) is 36.1 Å². The van der Waals surface area contributed by atoms with Gasteiger partial charge in [0.05, 0.1) is 18.7 Å². The maximum Gasteiger partial charge on any atom is 0.410 e. The molecule has 1 N–H and O–H groups in total. The summed E-state index contributed by atoms with van der Waals surface area (Å²) < 4.78 is 38.3. The normalized spacial score (nSPS) is 21.8. The first-order valence-electron chi connectivity index (χ1n) is 14.2. The predicted octanol–water partition coefficient (Wildman–Crippen LogP) is 3.58. The van der Waals surface area contributed by atoms with Crippen molar-refractivity contribution >= 4 is 23.8 Å². The maximum atomic E-state index is 14.1. The van der Waals surface area contributed by atoms with Gasteiger partial charge in [-0.05, 0) is 51.7 Å². The molecule has 234 valence electrons. The van der Waals surface area contributed by atoms with Crippen LogP contribution >= 0.6 is 0 Å². The van der Waals surface area contributed by atoms with Gasteiger partial charge >= 0.3 is 6.09 Å². The number of carbonyl (C=O) groups excluding carboxylic acids is 4. The molecule has 1 aromatic rings. The Balaban J connectivity index is 1.80. The zero-order valence-electron chi connectivity index (χ0n) is 26.0. The van der Waals surface area contributed by atoms with Crippen LogP contribution in [0.5, 0.6) is 5.75 Å². The molecule has 0 saturated carbocycles. The molecule has 0 radical (unpaired) electrons. The van der Waals surface area contributed by atoms with E-state index in [9.17, 15) is 28.0 Å². The van der Waals surface area contributed by atoms with Crippen molar-refractivity contribution in [1.82, 2.24) is 20.0 Å². The van der Waals surface area contributed by atoms with Crippen LogP contribution in [0.25, 0.3) is 0 Å². The van der Waals surface area contributed by atoms with Crippen LogP contribution in [0.4, 0.5) is 13.6 Å². The Hall–Kier alpha value is -3.44. The van der Waals surface area contributed by atoms with Gasteiger partial charge in [0.15, 0.2) is 11.6 Å². The molecule has 1 aromatic carbocycles. The number of hydrogen-bond acceptors (Lipinski definition) is 6. The lowest BCUT2D eigenvalue weighted by atomic mass is 9.85. The Labute approximate surface area is 246 Å². The van der Waals surface area contributed by atoms with Crippen molar-refractivity contribution in [3.05, 3.63) is 29.8 Å². The van der Waals surface area contributed by atoms with Gasteiger partial charge in [-0.2, -0.15) is 0 Å². The smallest absolute Gasteiger partial charge is 0.410 e. The predicted molar refractivity (Wildman–Crippen MR) is 151 cm³/mol. The number of benzene rings is 1. The third-order valence-corrected chi connectivity index (χ3v) is 7.82. The van der Waals surface area contributed by atoms with Crippen LogP contribution in [-0.4, -0.2) is 95.0 Å². The summed E-state index contributed by atoms with van der Waals surface area (Å²) in [6, 6.07) is 0.786. The van der Waals surface area contributed by atoms with Gasteiger partial charge < -0.3 is 24.6 Å². The topological polar surface area (TPSA) is 108 Å². The first-order chi connectivity index (χ1) is 19.3. The SMILES string of the molecule is CC(=O)N1C[C@H](COc2ccc(F)c(F)c2)[C@@H]2[C@H]1CCN2C(=O)[C@@H](NC(=O)[C@H](C)N(C)C(=O)OC(C)(C)C)C(C)(C)C. The fraction of sp³-hybridized carbons (Fsp3) is 0.667. The van der Waals surface area contributed by atoms with Gasteiger partial charge in [-0.25, -0.2) is 13.6 Å². The van der Waals surface area contributed by atoms with E-state index in [4.69, 9.17) is 9.47 Å². The molecule has 0 aromatic heterocycles. The minimum Gasteiger partial charge on any atom is -0.493 e. The fourth-order valence-corrected chi connectivity index (χ4v) is 5.49. The van der Waals surface area contributed by atoms with Crippen LogP contribution in [0, 0.1) is 23.0 Å². The number of hydrogen-bond donors (Lipinski definition) is 1. The van der Waals surface area contributed by atoms with E-state index in [1.807, 2.05) is 20.8 Å². The molecule has 0 aliphatic carbocycles. The number of rotatable bonds is 7. The quantitative estimate of drug-likeness (QED) is 0.517. The highest BCUT2D eigenvalue weighted by molar-refractivity contribution is 5.92. The second-order valence-corrected chi connectivity index (χ2v) is 13.3. The van der Waals surface area contributed by atoms with Crippen LogP contribution in [0.1, 0.15) is 61.8 Å². The lowest BCUT2D eigenvalue weighted by Crippen LogP contribution is -2.60. The Bertz CT molecular complexity index is 1200. The monoisotopic (exact) mass is 594 g/mol. The highest BCUT2D eigenvalue weighted by Crippen LogP contribution is 2.37. The van der Waals surface area contributed by atoms with Crippen LogP contribution in [0.3, 0.4) is 0 Å². The number of halogens is 2. The number of carbonyl (C=O) groups is 4. The molecule has 2 saturated heterocycles. The van der Waals surface area contributed by atoms with E-state index in [0.717, 1.165) is 12.1 Å². The van der Waals surface area contributed by atoms with E-state index in [2.05, 4.69) is 5.32 Å². The van der Waals surface area contributed by atoms with E-state index in [1.165, 1.54) is 24.9 Å².